The Bertz CT molecular complexity index is 1310. The van der Waals surface area contributed by atoms with Gasteiger partial charge in [0.25, 0.3) is 0 Å². The van der Waals surface area contributed by atoms with Crippen LogP contribution in [-0.4, -0.2) is 33.5 Å². The molecule has 33 heavy (non-hydrogen) atoms. The highest BCUT2D eigenvalue weighted by atomic mass is 35.5. The third kappa shape index (κ3) is 5.65. The Morgan fingerprint density at radius 2 is 1.48 bits per heavy atom. The zero-order chi connectivity index (χ0) is 24.3. The summed E-state index contributed by atoms with van der Waals surface area (Å²) in [6.45, 7) is 1.76. The number of anilines is 2. The Kier molecular flexibility index (Phi) is 7.31. The standard InChI is InChI=1S/C23H22Cl2N4O3S/c1-15-20(25)5-4-6-21(15)29(23(26)30)27-22(16-7-11-18(24)12-8-16)17-9-13-19(14-10-17)28(2)33(3,31)32/h4-14H,1-3H3,(H2,26,30)/b27-22-. The molecule has 3 aromatic rings. The average Bonchev–Trinajstić information content (AvgIpc) is 2.76. The lowest BCUT2D eigenvalue weighted by Gasteiger charge is -2.20. The normalized spacial score (nSPS) is 11.8. The lowest BCUT2D eigenvalue weighted by molar-refractivity contribution is 0.254. The van der Waals surface area contributed by atoms with Gasteiger partial charge in [0, 0.05) is 28.2 Å². The first-order chi connectivity index (χ1) is 15.5. The van der Waals surface area contributed by atoms with Crippen molar-refractivity contribution < 1.29 is 13.2 Å². The molecule has 172 valence electrons. The second-order valence-corrected chi connectivity index (χ2v) is 10.1. The molecule has 0 aromatic heterocycles. The van der Waals surface area contributed by atoms with E-state index in [9.17, 15) is 13.2 Å². The Balaban J connectivity index is 2.17. The molecule has 0 saturated heterocycles. The molecule has 0 atom stereocenters. The maximum Gasteiger partial charge on any atom is 0.340 e. The fraction of sp³-hybridized carbons (Fsp3) is 0.130. The van der Waals surface area contributed by atoms with Gasteiger partial charge in [-0.05, 0) is 48.9 Å². The highest BCUT2D eigenvalue weighted by Gasteiger charge is 2.19. The first-order valence-electron chi connectivity index (χ1n) is 9.72. The lowest BCUT2D eigenvalue weighted by Crippen LogP contribution is -2.33. The molecule has 3 aromatic carbocycles. The maximum atomic E-state index is 12.4. The zero-order valence-electron chi connectivity index (χ0n) is 18.2. The van der Waals surface area contributed by atoms with Crippen LogP contribution in [0.1, 0.15) is 16.7 Å². The number of nitrogens with zero attached hydrogens (tertiary/aromatic N) is 3. The van der Waals surface area contributed by atoms with Crippen LogP contribution in [0, 0.1) is 6.92 Å². The smallest absolute Gasteiger partial charge is 0.340 e. The van der Waals surface area contributed by atoms with E-state index in [1.807, 2.05) is 0 Å². The Labute approximate surface area is 203 Å². The van der Waals surface area contributed by atoms with E-state index in [1.165, 1.54) is 11.4 Å². The number of hydrazone groups is 1. The van der Waals surface area contributed by atoms with Gasteiger partial charge in [0.15, 0.2) is 0 Å². The molecule has 0 fully saturated rings. The summed E-state index contributed by atoms with van der Waals surface area (Å²) < 4.78 is 24.9. The molecule has 2 N–H and O–H groups in total. The van der Waals surface area contributed by atoms with Crippen molar-refractivity contribution in [2.75, 3.05) is 22.6 Å². The molecular formula is C23H22Cl2N4O3S. The fourth-order valence-corrected chi connectivity index (χ4v) is 3.86. The van der Waals surface area contributed by atoms with Gasteiger partial charge in [0.2, 0.25) is 10.0 Å². The van der Waals surface area contributed by atoms with Crippen molar-refractivity contribution in [1.82, 2.24) is 0 Å². The molecule has 2 amide bonds. The van der Waals surface area contributed by atoms with Crippen LogP contribution in [0.25, 0.3) is 0 Å². The van der Waals surface area contributed by atoms with Crippen LogP contribution in [-0.2, 0) is 10.0 Å². The second-order valence-electron chi connectivity index (χ2n) is 7.27. The maximum absolute atomic E-state index is 12.4. The number of primary amides is 1. The highest BCUT2D eigenvalue weighted by Crippen LogP contribution is 2.28. The SMILES string of the molecule is Cc1c(Cl)cccc1N(/N=C(/c1ccc(Cl)cc1)c1ccc(N(C)S(C)(=O)=O)cc1)C(N)=O. The van der Waals surface area contributed by atoms with Gasteiger partial charge in [-0.3, -0.25) is 4.31 Å². The van der Waals surface area contributed by atoms with E-state index >= 15 is 0 Å². The van der Waals surface area contributed by atoms with Crippen LogP contribution in [0.2, 0.25) is 10.0 Å². The fourth-order valence-electron chi connectivity index (χ4n) is 3.06. The Morgan fingerprint density at radius 3 is 2.00 bits per heavy atom. The predicted octanol–water partition coefficient (Wildman–Crippen LogP) is 5.04. The Hall–Kier alpha value is -3.07. The molecule has 0 spiro atoms. The minimum atomic E-state index is -3.41. The van der Waals surface area contributed by atoms with E-state index in [0.29, 0.717) is 43.8 Å². The van der Waals surface area contributed by atoms with E-state index in [0.717, 1.165) is 11.3 Å². The molecule has 7 nitrogen and oxygen atoms in total. The van der Waals surface area contributed by atoms with Crippen LogP contribution in [0.5, 0.6) is 0 Å². The number of carbonyl (C=O) groups excluding carboxylic acids is 1. The monoisotopic (exact) mass is 504 g/mol. The van der Waals surface area contributed by atoms with Gasteiger partial charge < -0.3 is 5.73 Å². The van der Waals surface area contributed by atoms with E-state index in [2.05, 4.69) is 5.10 Å². The summed E-state index contributed by atoms with van der Waals surface area (Å²) in [6.07, 6.45) is 1.12. The summed E-state index contributed by atoms with van der Waals surface area (Å²) in [4.78, 5) is 12.4. The van der Waals surface area contributed by atoms with Gasteiger partial charge in [-0.15, -0.1) is 0 Å². The molecule has 0 aliphatic heterocycles. The number of sulfonamides is 1. The van der Waals surface area contributed by atoms with Crippen LogP contribution in [0.4, 0.5) is 16.2 Å². The van der Waals surface area contributed by atoms with E-state index in [4.69, 9.17) is 28.9 Å². The molecular weight excluding hydrogens is 483 g/mol. The number of hydrogen-bond donors (Lipinski definition) is 1. The number of rotatable bonds is 6. The predicted molar refractivity (Wildman–Crippen MR) is 135 cm³/mol. The molecule has 0 aliphatic rings. The van der Waals surface area contributed by atoms with E-state index in [-0.39, 0.29) is 0 Å². The summed E-state index contributed by atoms with van der Waals surface area (Å²) in [5.41, 5.74) is 8.97. The molecule has 0 saturated carbocycles. The molecule has 10 heteroatoms. The van der Waals surface area contributed by atoms with Crippen LogP contribution in [0.3, 0.4) is 0 Å². The highest BCUT2D eigenvalue weighted by molar-refractivity contribution is 7.92. The molecule has 0 aliphatic carbocycles. The van der Waals surface area contributed by atoms with E-state index < -0.39 is 16.1 Å². The second kappa shape index (κ2) is 9.82. The van der Waals surface area contributed by atoms with Gasteiger partial charge in [0.05, 0.1) is 23.3 Å². The van der Waals surface area contributed by atoms with Gasteiger partial charge in [-0.25, -0.2) is 13.2 Å². The van der Waals surface area contributed by atoms with Crippen LogP contribution >= 0.6 is 23.2 Å². The first kappa shape index (κ1) is 24.6. The summed E-state index contributed by atoms with van der Waals surface area (Å²) in [5.74, 6) is 0. The third-order valence-corrected chi connectivity index (χ3v) is 6.86. The van der Waals surface area contributed by atoms with Crippen molar-refractivity contribution in [3.05, 3.63) is 93.5 Å². The Morgan fingerprint density at radius 1 is 0.939 bits per heavy atom. The summed E-state index contributed by atoms with van der Waals surface area (Å²) in [5, 5.41) is 6.68. The number of urea groups is 1. The number of halogens is 2. The van der Waals surface area contributed by atoms with Crippen molar-refractivity contribution in [3.63, 3.8) is 0 Å². The topological polar surface area (TPSA) is 96.1 Å². The minimum absolute atomic E-state index is 0.429. The van der Waals surface area contributed by atoms with Crippen molar-refractivity contribution in [2.24, 2.45) is 10.8 Å². The molecule has 0 radical (unpaired) electrons. The summed E-state index contributed by atoms with van der Waals surface area (Å²) in [6, 6.07) is 18.0. The van der Waals surface area contributed by atoms with Crippen molar-refractivity contribution >= 4 is 56.3 Å². The lowest BCUT2D eigenvalue weighted by atomic mass is 10.0. The van der Waals surface area contributed by atoms with Gasteiger partial charge in [-0.2, -0.15) is 10.1 Å². The van der Waals surface area contributed by atoms with Gasteiger partial charge >= 0.3 is 6.03 Å². The van der Waals surface area contributed by atoms with Crippen molar-refractivity contribution in [3.8, 4) is 0 Å². The van der Waals surface area contributed by atoms with Crippen LogP contribution in [0.15, 0.2) is 71.8 Å². The van der Waals surface area contributed by atoms with Crippen LogP contribution < -0.4 is 15.0 Å². The van der Waals surface area contributed by atoms with E-state index in [1.54, 1.807) is 73.7 Å². The molecule has 0 bridgehead atoms. The molecule has 0 heterocycles. The number of hydrogen-bond acceptors (Lipinski definition) is 4. The zero-order valence-corrected chi connectivity index (χ0v) is 20.5. The number of nitrogens with two attached hydrogens (primary N) is 1. The van der Waals surface area contributed by atoms with Crippen molar-refractivity contribution in [2.45, 2.75) is 6.92 Å². The minimum Gasteiger partial charge on any atom is -0.350 e. The van der Waals surface area contributed by atoms with Crippen molar-refractivity contribution in [1.29, 1.82) is 0 Å². The number of amides is 2. The average molecular weight is 505 g/mol. The number of carbonyl (C=O) groups is 1. The molecule has 3 rings (SSSR count). The number of benzene rings is 3. The molecule has 0 unspecified atom stereocenters. The first-order valence-corrected chi connectivity index (χ1v) is 12.3. The van der Waals surface area contributed by atoms with Gasteiger partial charge in [-0.1, -0.05) is 53.5 Å². The quantitative estimate of drug-likeness (QED) is 0.376. The summed E-state index contributed by atoms with van der Waals surface area (Å²) in [7, 11) is -1.95. The summed E-state index contributed by atoms with van der Waals surface area (Å²) >= 11 is 12.3. The third-order valence-electron chi connectivity index (χ3n) is 5.00. The van der Waals surface area contributed by atoms with Gasteiger partial charge in [0.1, 0.15) is 0 Å². The largest absolute Gasteiger partial charge is 0.350 e.